The Balaban J connectivity index is 2.11. The molecule has 1 aromatic carbocycles. The fourth-order valence-corrected chi connectivity index (χ4v) is 2.64. The summed E-state index contributed by atoms with van der Waals surface area (Å²) in [7, 11) is 0. The van der Waals surface area contributed by atoms with Crippen molar-refractivity contribution in [1.82, 2.24) is 4.98 Å². The predicted molar refractivity (Wildman–Crippen MR) is 94.2 cm³/mol. The first-order chi connectivity index (χ1) is 11.0. The summed E-state index contributed by atoms with van der Waals surface area (Å²) in [6, 6.07) is 9.66. The van der Waals surface area contributed by atoms with Gasteiger partial charge < -0.3 is 5.32 Å². The van der Waals surface area contributed by atoms with E-state index >= 15 is 0 Å². The smallest absolute Gasteiger partial charge is 0.266 e. The second-order valence-electron chi connectivity index (χ2n) is 5.35. The molecule has 0 aliphatic heterocycles. The molecule has 0 saturated heterocycles. The van der Waals surface area contributed by atoms with Gasteiger partial charge in [0.15, 0.2) is 0 Å². The topological polar surface area (TPSA) is 65.8 Å². The number of thiazole rings is 1. The highest BCUT2D eigenvalue weighted by Gasteiger charge is 2.11. The molecule has 1 atom stereocenters. The highest BCUT2D eigenvalue weighted by molar-refractivity contribution is 7.09. The quantitative estimate of drug-likeness (QED) is 0.649. The Morgan fingerprint density at radius 2 is 2.13 bits per heavy atom. The molecule has 1 aromatic heterocycles. The molecule has 1 heterocycles. The van der Waals surface area contributed by atoms with Crippen LogP contribution in [0.15, 0.2) is 35.2 Å². The lowest BCUT2D eigenvalue weighted by molar-refractivity contribution is -0.112. The van der Waals surface area contributed by atoms with Gasteiger partial charge in [0.25, 0.3) is 5.91 Å². The maximum Gasteiger partial charge on any atom is 0.266 e. The molecule has 0 fully saturated rings. The number of rotatable bonds is 5. The van der Waals surface area contributed by atoms with Crippen LogP contribution in [0.1, 0.15) is 42.5 Å². The van der Waals surface area contributed by atoms with Crippen molar-refractivity contribution in [2.75, 3.05) is 5.32 Å². The van der Waals surface area contributed by atoms with E-state index in [-0.39, 0.29) is 5.57 Å². The lowest BCUT2D eigenvalue weighted by atomic mass is 9.98. The van der Waals surface area contributed by atoms with Crippen molar-refractivity contribution in [2.24, 2.45) is 0 Å². The van der Waals surface area contributed by atoms with E-state index in [1.165, 1.54) is 23.0 Å². The third kappa shape index (κ3) is 4.51. The molecule has 0 aliphatic rings. The van der Waals surface area contributed by atoms with E-state index in [2.05, 4.69) is 24.1 Å². The van der Waals surface area contributed by atoms with Crippen LogP contribution >= 0.6 is 11.3 Å². The van der Waals surface area contributed by atoms with Crippen LogP contribution in [-0.2, 0) is 4.79 Å². The number of aryl methyl sites for hydroxylation is 1. The number of nitriles is 1. The highest BCUT2D eigenvalue weighted by Crippen LogP contribution is 2.21. The number of carbonyl (C=O) groups excluding carboxylic acids is 1. The van der Waals surface area contributed by atoms with Crippen LogP contribution in [0.5, 0.6) is 0 Å². The van der Waals surface area contributed by atoms with E-state index in [0.717, 1.165) is 11.4 Å². The predicted octanol–water partition coefficient (Wildman–Crippen LogP) is 4.51. The number of nitrogens with one attached hydrogen (secondary N) is 1. The summed E-state index contributed by atoms with van der Waals surface area (Å²) in [6.45, 7) is 6.19. The number of nitrogens with zero attached hydrogens (tertiary/aromatic N) is 2. The van der Waals surface area contributed by atoms with Crippen LogP contribution in [-0.4, -0.2) is 10.9 Å². The van der Waals surface area contributed by atoms with Crippen LogP contribution in [0.2, 0.25) is 0 Å². The minimum Gasteiger partial charge on any atom is -0.321 e. The molecule has 0 aliphatic carbocycles. The molecule has 0 unspecified atom stereocenters. The molecule has 1 amide bonds. The molecule has 0 saturated carbocycles. The van der Waals surface area contributed by atoms with E-state index < -0.39 is 5.91 Å². The number of hydrogen-bond acceptors (Lipinski definition) is 4. The van der Waals surface area contributed by atoms with Crippen molar-refractivity contribution in [2.45, 2.75) is 33.1 Å². The van der Waals surface area contributed by atoms with E-state index in [1.807, 2.05) is 42.6 Å². The number of amides is 1. The van der Waals surface area contributed by atoms with Gasteiger partial charge in [0.1, 0.15) is 11.6 Å². The van der Waals surface area contributed by atoms with Crippen LogP contribution in [0.3, 0.4) is 0 Å². The molecule has 2 rings (SSSR count). The number of benzene rings is 1. The summed E-state index contributed by atoms with van der Waals surface area (Å²) in [5, 5.41) is 14.7. The number of hydrogen-bond donors (Lipinski definition) is 1. The standard InChI is InChI=1S/C18H19N3OS/c1-4-12(2)14-5-7-16(8-6-14)21-18(22)15(10-19)9-17-11-23-13(3)20-17/h5-9,11-12H,4H2,1-3H3,(H,21,22)/b15-9+/t12-/m1/s1. The third-order valence-corrected chi connectivity index (χ3v) is 4.44. The van der Waals surface area contributed by atoms with Gasteiger partial charge in [-0.3, -0.25) is 4.79 Å². The van der Waals surface area contributed by atoms with Gasteiger partial charge in [-0.2, -0.15) is 5.26 Å². The first-order valence-electron chi connectivity index (χ1n) is 7.48. The van der Waals surface area contributed by atoms with Crippen LogP contribution in [0.25, 0.3) is 6.08 Å². The largest absolute Gasteiger partial charge is 0.321 e. The van der Waals surface area contributed by atoms with E-state index in [1.54, 1.807) is 0 Å². The van der Waals surface area contributed by atoms with E-state index in [9.17, 15) is 10.1 Å². The van der Waals surface area contributed by atoms with Crippen molar-refractivity contribution in [1.29, 1.82) is 5.26 Å². The summed E-state index contributed by atoms with van der Waals surface area (Å²) < 4.78 is 0. The number of anilines is 1. The average molecular weight is 325 g/mol. The second-order valence-corrected chi connectivity index (χ2v) is 6.41. The van der Waals surface area contributed by atoms with Crippen molar-refractivity contribution < 1.29 is 4.79 Å². The Bertz CT molecular complexity index is 753. The zero-order valence-corrected chi connectivity index (χ0v) is 14.3. The summed E-state index contributed by atoms with van der Waals surface area (Å²) in [5.41, 5.74) is 2.59. The summed E-state index contributed by atoms with van der Waals surface area (Å²) >= 11 is 1.48. The Labute approximate surface area is 140 Å². The Hall–Kier alpha value is -2.45. The SMILES string of the molecule is CC[C@@H](C)c1ccc(NC(=O)/C(C#N)=C/c2csc(C)n2)cc1. The van der Waals surface area contributed by atoms with Crippen molar-refractivity contribution >= 4 is 29.0 Å². The molecule has 0 spiro atoms. The molecule has 0 bridgehead atoms. The molecule has 1 N–H and O–H groups in total. The highest BCUT2D eigenvalue weighted by atomic mass is 32.1. The lowest BCUT2D eigenvalue weighted by Gasteiger charge is -2.10. The molecular formula is C18H19N3OS. The molecule has 118 valence electrons. The van der Waals surface area contributed by atoms with Crippen LogP contribution < -0.4 is 5.32 Å². The van der Waals surface area contributed by atoms with Gasteiger partial charge >= 0.3 is 0 Å². The molecule has 0 radical (unpaired) electrons. The first-order valence-corrected chi connectivity index (χ1v) is 8.36. The Kier molecular flexibility index (Phi) is 5.67. The van der Waals surface area contributed by atoms with Gasteiger partial charge in [0, 0.05) is 11.1 Å². The lowest BCUT2D eigenvalue weighted by Crippen LogP contribution is -2.13. The Morgan fingerprint density at radius 1 is 1.43 bits per heavy atom. The van der Waals surface area contributed by atoms with Crippen molar-refractivity contribution in [3.8, 4) is 6.07 Å². The summed E-state index contributed by atoms with van der Waals surface area (Å²) in [6.07, 6.45) is 2.58. The number of carbonyl (C=O) groups is 1. The van der Waals surface area contributed by atoms with Gasteiger partial charge in [-0.05, 0) is 43.0 Å². The van der Waals surface area contributed by atoms with Gasteiger partial charge in [-0.15, -0.1) is 11.3 Å². The maximum absolute atomic E-state index is 12.2. The zero-order valence-electron chi connectivity index (χ0n) is 13.5. The Morgan fingerprint density at radius 3 is 2.65 bits per heavy atom. The van der Waals surface area contributed by atoms with Gasteiger partial charge in [-0.1, -0.05) is 26.0 Å². The fourth-order valence-electron chi connectivity index (χ4n) is 2.07. The van der Waals surface area contributed by atoms with Crippen molar-refractivity contribution in [3.05, 3.63) is 51.5 Å². The molecular weight excluding hydrogens is 306 g/mol. The van der Waals surface area contributed by atoms with E-state index in [0.29, 0.717) is 17.3 Å². The molecule has 2 aromatic rings. The van der Waals surface area contributed by atoms with Crippen LogP contribution in [0.4, 0.5) is 5.69 Å². The van der Waals surface area contributed by atoms with E-state index in [4.69, 9.17) is 0 Å². The first kappa shape index (κ1) is 16.9. The van der Waals surface area contributed by atoms with Gasteiger partial charge in [0.05, 0.1) is 10.7 Å². The van der Waals surface area contributed by atoms with Gasteiger partial charge in [-0.25, -0.2) is 4.98 Å². The van der Waals surface area contributed by atoms with Gasteiger partial charge in [0.2, 0.25) is 0 Å². The third-order valence-electron chi connectivity index (χ3n) is 3.64. The monoisotopic (exact) mass is 325 g/mol. The normalized spacial score (nSPS) is 12.5. The zero-order chi connectivity index (χ0) is 16.8. The molecule has 23 heavy (non-hydrogen) atoms. The molecule has 5 heteroatoms. The second kappa shape index (κ2) is 7.70. The fraction of sp³-hybridized carbons (Fsp3) is 0.278. The maximum atomic E-state index is 12.2. The van der Waals surface area contributed by atoms with Crippen LogP contribution in [0, 0.1) is 18.3 Å². The number of aromatic nitrogens is 1. The minimum absolute atomic E-state index is 0.0429. The summed E-state index contributed by atoms with van der Waals surface area (Å²) in [5.74, 6) is 0.0664. The minimum atomic E-state index is -0.422. The average Bonchev–Trinajstić information content (AvgIpc) is 2.97. The molecule has 4 nitrogen and oxygen atoms in total. The summed E-state index contributed by atoms with van der Waals surface area (Å²) in [4.78, 5) is 16.4. The van der Waals surface area contributed by atoms with Crippen molar-refractivity contribution in [3.63, 3.8) is 0 Å².